The lowest BCUT2D eigenvalue weighted by Gasteiger charge is -2.11. The first-order valence-electron chi connectivity index (χ1n) is 12.7. The summed E-state index contributed by atoms with van der Waals surface area (Å²) in [6.07, 6.45) is 0. The maximum atomic E-state index is 5.07. The number of hydrogen-bond donors (Lipinski definition) is 0. The number of rotatable bonds is 2. The van der Waals surface area contributed by atoms with Crippen LogP contribution in [0.25, 0.3) is 71.4 Å². The largest absolute Gasteiger partial charge is 0.292 e. The number of pyridine rings is 1. The van der Waals surface area contributed by atoms with Crippen molar-refractivity contribution >= 4 is 49.1 Å². The molecule has 0 fully saturated rings. The summed E-state index contributed by atoms with van der Waals surface area (Å²) >= 11 is 0. The molecule has 0 amide bonds. The topological polar surface area (TPSA) is 17.3 Å². The summed E-state index contributed by atoms with van der Waals surface area (Å²) in [6, 6.07) is 47.9. The van der Waals surface area contributed by atoms with Crippen molar-refractivity contribution in [1.82, 2.24) is 9.38 Å². The Labute approximate surface area is 214 Å². The van der Waals surface area contributed by atoms with Crippen LogP contribution in [0.1, 0.15) is 0 Å². The Hall–Kier alpha value is -4.95. The molecule has 8 aromatic rings. The Balaban J connectivity index is 1.33. The van der Waals surface area contributed by atoms with E-state index in [4.69, 9.17) is 4.98 Å². The van der Waals surface area contributed by atoms with E-state index >= 15 is 0 Å². The second-order valence-electron chi connectivity index (χ2n) is 9.64. The van der Waals surface area contributed by atoms with Crippen LogP contribution in [0.3, 0.4) is 0 Å². The molecule has 0 atom stereocenters. The lowest BCUT2D eigenvalue weighted by molar-refractivity contribution is 1.31. The molecule has 2 nitrogen and oxygen atoms in total. The van der Waals surface area contributed by atoms with E-state index in [9.17, 15) is 0 Å². The fraction of sp³-hybridized carbons (Fsp3) is 0. The average Bonchev–Trinajstić information content (AvgIpc) is 3.37. The Kier molecular flexibility index (Phi) is 4.26. The van der Waals surface area contributed by atoms with Gasteiger partial charge in [-0.3, -0.25) is 4.40 Å². The van der Waals surface area contributed by atoms with E-state index in [1.807, 2.05) is 0 Å². The van der Waals surface area contributed by atoms with E-state index in [0.29, 0.717) is 0 Å². The normalized spacial score (nSPS) is 11.8. The highest BCUT2D eigenvalue weighted by atomic mass is 15.0. The molecular formula is C35H22N2. The third-order valence-electron chi connectivity index (χ3n) is 7.58. The molecule has 0 aliphatic rings. The molecule has 0 saturated carbocycles. The minimum Gasteiger partial charge on any atom is -0.292 e. The summed E-state index contributed by atoms with van der Waals surface area (Å²) in [5.74, 6) is 0. The van der Waals surface area contributed by atoms with Crippen LogP contribution >= 0.6 is 0 Å². The number of para-hydroxylation sites is 3. The Bertz CT molecular complexity index is 2130. The monoisotopic (exact) mass is 470 g/mol. The molecule has 0 spiro atoms. The van der Waals surface area contributed by atoms with Gasteiger partial charge in [-0.2, -0.15) is 0 Å². The van der Waals surface area contributed by atoms with Gasteiger partial charge in [-0.25, -0.2) is 4.98 Å². The molecule has 37 heavy (non-hydrogen) atoms. The lowest BCUT2D eigenvalue weighted by Crippen LogP contribution is -1.92. The molecule has 0 saturated heterocycles. The van der Waals surface area contributed by atoms with Gasteiger partial charge in [-0.15, -0.1) is 0 Å². The molecular weight excluding hydrogens is 448 g/mol. The van der Waals surface area contributed by atoms with Gasteiger partial charge >= 0.3 is 0 Å². The van der Waals surface area contributed by atoms with Gasteiger partial charge in [0.15, 0.2) is 0 Å². The second-order valence-corrected chi connectivity index (χ2v) is 9.64. The van der Waals surface area contributed by atoms with Crippen molar-refractivity contribution in [2.75, 3.05) is 0 Å². The van der Waals surface area contributed by atoms with E-state index < -0.39 is 0 Å². The molecule has 172 valence electrons. The minimum absolute atomic E-state index is 1.00. The molecule has 2 aromatic heterocycles. The van der Waals surface area contributed by atoms with Gasteiger partial charge in [-0.1, -0.05) is 109 Å². The fourth-order valence-electron chi connectivity index (χ4n) is 5.81. The maximum Gasteiger partial charge on any atom is 0.146 e. The first-order valence-corrected chi connectivity index (χ1v) is 12.7. The van der Waals surface area contributed by atoms with Gasteiger partial charge in [0.2, 0.25) is 0 Å². The van der Waals surface area contributed by atoms with Crippen LogP contribution in [-0.2, 0) is 0 Å². The fourth-order valence-corrected chi connectivity index (χ4v) is 5.81. The standard InChI is InChI=1S/C35H22N2/c1-2-10-27-24(8-1)9-7-12-28(27)25-18-16-23(17-19-25)26-20-21-29-30-11-3-5-14-33(30)37-34-15-6-4-13-32(34)36-35(37)31(29)22-26/h1-22H. The van der Waals surface area contributed by atoms with Gasteiger partial charge in [0.05, 0.1) is 16.6 Å². The van der Waals surface area contributed by atoms with Crippen LogP contribution in [-0.4, -0.2) is 9.38 Å². The highest BCUT2D eigenvalue weighted by Crippen LogP contribution is 2.36. The number of imidazole rings is 1. The number of benzene rings is 6. The predicted molar refractivity (Wildman–Crippen MR) is 156 cm³/mol. The van der Waals surface area contributed by atoms with Crippen LogP contribution in [0.2, 0.25) is 0 Å². The Morgan fingerprint density at radius 1 is 0.432 bits per heavy atom. The highest BCUT2D eigenvalue weighted by Gasteiger charge is 2.14. The van der Waals surface area contributed by atoms with Crippen molar-refractivity contribution in [3.8, 4) is 22.3 Å². The van der Waals surface area contributed by atoms with E-state index in [1.54, 1.807) is 0 Å². The molecule has 0 unspecified atom stereocenters. The number of fused-ring (bicyclic) bond motifs is 9. The molecule has 0 N–H and O–H groups in total. The van der Waals surface area contributed by atoms with Crippen molar-refractivity contribution in [2.45, 2.75) is 0 Å². The van der Waals surface area contributed by atoms with E-state index in [0.717, 1.165) is 16.7 Å². The summed E-state index contributed by atoms with van der Waals surface area (Å²) < 4.78 is 2.31. The Morgan fingerprint density at radius 2 is 1.11 bits per heavy atom. The van der Waals surface area contributed by atoms with Crippen LogP contribution in [0.5, 0.6) is 0 Å². The molecule has 6 aromatic carbocycles. The van der Waals surface area contributed by atoms with Gasteiger partial charge in [0.1, 0.15) is 5.65 Å². The van der Waals surface area contributed by atoms with Crippen LogP contribution in [0, 0.1) is 0 Å². The highest BCUT2D eigenvalue weighted by molar-refractivity contribution is 6.14. The van der Waals surface area contributed by atoms with Crippen molar-refractivity contribution < 1.29 is 0 Å². The number of hydrogen-bond acceptors (Lipinski definition) is 1. The van der Waals surface area contributed by atoms with Gasteiger partial charge in [0, 0.05) is 10.8 Å². The van der Waals surface area contributed by atoms with Crippen LogP contribution in [0.4, 0.5) is 0 Å². The van der Waals surface area contributed by atoms with E-state index in [2.05, 4.69) is 138 Å². The molecule has 2 heterocycles. The third-order valence-corrected chi connectivity index (χ3v) is 7.58. The van der Waals surface area contributed by atoms with Crippen LogP contribution in [0.15, 0.2) is 133 Å². The van der Waals surface area contributed by atoms with Gasteiger partial charge in [-0.05, 0) is 62.7 Å². The predicted octanol–water partition coefficient (Wildman–Crippen LogP) is 9.28. The summed E-state index contributed by atoms with van der Waals surface area (Å²) in [6.45, 7) is 0. The lowest BCUT2D eigenvalue weighted by atomic mass is 9.95. The van der Waals surface area contributed by atoms with E-state index in [1.165, 1.54) is 54.7 Å². The average molecular weight is 471 g/mol. The molecule has 0 aliphatic heterocycles. The maximum absolute atomic E-state index is 5.07. The van der Waals surface area contributed by atoms with Crippen LogP contribution < -0.4 is 0 Å². The molecule has 8 rings (SSSR count). The van der Waals surface area contributed by atoms with Crippen molar-refractivity contribution in [3.63, 3.8) is 0 Å². The quantitative estimate of drug-likeness (QED) is 0.230. The molecule has 0 aliphatic carbocycles. The second kappa shape index (κ2) is 7.78. The number of aromatic nitrogens is 2. The van der Waals surface area contributed by atoms with Gasteiger partial charge in [0.25, 0.3) is 0 Å². The summed E-state index contributed by atoms with van der Waals surface area (Å²) in [4.78, 5) is 5.07. The minimum atomic E-state index is 1.00. The van der Waals surface area contributed by atoms with E-state index in [-0.39, 0.29) is 0 Å². The molecule has 2 heteroatoms. The van der Waals surface area contributed by atoms with Gasteiger partial charge < -0.3 is 0 Å². The Morgan fingerprint density at radius 3 is 2.00 bits per heavy atom. The smallest absolute Gasteiger partial charge is 0.146 e. The van der Waals surface area contributed by atoms with Crippen molar-refractivity contribution in [2.24, 2.45) is 0 Å². The number of nitrogens with zero attached hydrogens (tertiary/aromatic N) is 2. The zero-order chi connectivity index (χ0) is 24.3. The van der Waals surface area contributed by atoms with Crippen molar-refractivity contribution in [3.05, 3.63) is 133 Å². The SMILES string of the molecule is c1ccc2c(-c3ccc(-c4ccc5c6ccccc6n6c7ccccc7nc6c5c4)cc3)cccc2c1. The zero-order valence-electron chi connectivity index (χ0n) is 20.1. The molecule has 0 bridgehead atoms. The summed E-state index contributed by atoms with van der Waals surface area (Å²) in [5, 5.41) is 6.19. The first-order chi connectivity index (χ1) is 18.3. The first kappa shape index (κ1) is 20.3. The molecule has 0 radical (unpaired) electrons. The zero-order valence-corrected chi connectivity index (χ0v) is 20.1. The van der Waals surface area contributed by atoms with Crippen molar-refractivity contribution in [1.29, 1.82) is 0 Å². The summed E-state index contributed by atoms with van der Waals surface area (Å²) in [7, 11) is 0. The third kappa shape index (κ3) is 3.03. The summed E-state index contributed by atoms with van der Waals surface area (Å²) in [5.41, 5.74) is 9.24.